The van der Waals surface area contributed by atoms with Crippen molar-refractivity contribution in [1.29, 1.82) is 0 Å². The van der Waals surface area contributed by atoms with Crippen LogP contribution in [-0.4, -0.2) is 53.0 Å². The van der Waals surface area contributed by atoms with E-state index >= 15 is 0 Å². The maximum atomic E-state index is 12.0. The molecule has 1 aromatic carbocycles. The smallest absolute Gasteiger partial charge is 0.234 e. The highest BCUT2D eigenvalue weighted by atomic mass is 16.5. The normalized spacial score (nSPS) is 16.7. The predicted molar refractivity (Wildman–Crippen MR) is 89.8 cm³/mol. The second kappa shape index (κ2) is 9.34. The van der Waals surface area contributed by atoms with Gasteiger partial charge in [0.1, 0.15) is 5.75 Å². The van der Waals surface area contributed by atoms with Crippen LogP contribution in [-0.2, 0) is 16.1 Å². The van der Waals surface area contributed by atoms with E-state index in [1.807, 2.05) is 0 Å². The number of hydrogen-bond acceptors (Lipinski definition) is 6. The standard InChI is InChI=1S/C17H26N2O5/c1-21-14-8-16(23-3)15(22-2)7-12(14)9-19-17(20)11-18-10-13-5-4-6-24-13/h7-8,13,18H,4-6,9-11H2,1-3H3,(H,19,20). The number of methoxy groups -OCH3 is 3. The summed E-state index contributed by atoms with van der Waals surface area (Å²) in [6.45, 7) is 2.13. The molecule has 1 atom stereocenters. The molecule has 0 bridgehead atoms. The predicted octanol–water partition coefficient (Wildman–Crippen LogP) is 1.10. The van der Waals surface area contributed by atoms with Gasteiger partial charge >= 0.3 is 0 Å². The molecule has 0 spiro atoms. The fraction of sp³-hybridized carbons (Fsp3) is 0.588. The highest BCUT2D eigenvalue weighted by Crippen LogP contribution is 2.34. The molecular weight excluding hydrogens is 312 g/mol. The molecule has 2 rings (SSSR count). The number of benzene rings is 1. The molecule has 7 heteroatoms. The van der Waals surface area contributed by atoms with Crippen molar-refractivity contribution in [3.05, 3.63) is 17.7 Å². The summed E-state index contributed by atoms with van der Waals surface area (Å²) in [6, 6.07) is 3.55. The topological polar surface area (TPSA) is 78.0 Å². The minimum Gasteiger partial charge on any atom is -0.496 e. The van der Waals surface area contributed by atoms with Crippen molar-refractivity contribution in [2.75, 3.05) is 41.0 Å². The van der Waals surface area contributed by atoms with Crippen LogP contribution in [0.3, 0.4) is 0 Å². The summed E-state index contributed by atoms with van der Waals surface area (Å²) in [6.07, 6.45) is 2.37. The zero-order chi connectivity index (χ0) is 17.4. The summed E-state index contributed by atoms with van der Waals surface area (Å²) >= 11 is 0. The van der Waals surface area contributed by atoms with E-state index < -0.39 is 0 Å². The van der Waals surface area contributed by atoms with Gasteiger partial charge in [0.05, 0.1) is 34.0 Å². The van der Waals surface area contributed by atoms with Crippen molar-refractivity contribution in [2.45, 2.75) is 25.5 Å². The zero-order valence-corrected chi connectivity index (χ0v) is 14.5. The molecule has 24 heavy (non-hydrogen) atoms. The first-order valence-corrected chi connectivity index (χ1v) is 8.05. The van der Waals surface area contributed by atoms with Crippen molar-refractivity contribution in [1.82, 2.24) is 10.6 Å². The highest BCUT2D eigenvalue weighted by Gasteiger charge is 2.16. The van der Waals surface area contributed by atoms with E-state index in [1.54, 1.807) is 33.5 Å². The lowest BCUT2D eigenvalue weighted by molar-refractivity contribution is -0.120. The van der Waals surface area contributed by atoms with Gasteiger partial charge in [0, 0.05) is 31.3 Å². The number of rotatable bonds is 9. The Balaban J connectivity index is 1.84. The average molecular weight is 338 g/mol. The Bertz CT molecular complexity index is 544. The largest absolute Gasteiger partial charge is 0.496 e. The summed E-state index contributed by atoms with van der Waals surface area (Å²) in [4.78, 5) is 12.0. The first-order chi connectivity index (χ1) is 11.7. The molecule has 1 aromatic rings. The van der Waals surface area contributed by atoms with Gasteiger partial charge in [-0.3, -0.25) is 4.79 Å². The molecule has 1 saturated heterocycles. The number of amides is 1. The number of carbonyl (C=O) groups is 1. The zero-order valence-electron chi connectivity index (χ0n) is 14.5. The molecule has 1 aliphatic rings. The Kier molecular flexibility index (Phi) is 7.14. The Morgan fingerprint density at radius 3 is 2.50 bits per heavy atom. The Morgan fingerprint density at radius 1 is 1.17 bits per heavy atom. The SMILES string of the molecule is COc1cc(OC)c(OC)cc1CNC(=O)CNCC1CCCO1. The van der Waals surface area contributed by atoms with Crippen LogP contribution in [0.5, 0.6) is 17.2 Å². The molecule has 1 heterocycles. The van der Waals surface area contributed by atoms with Crippen LogP contribution in [0, 0.1) is 0 Å². The van der Waals surface area contributed by atoms with Gasteiger partial charge in [-0.25, -0.2) is 0 Å². The van der Waals surface area contributed by atoms with E-state index in [0.717, 1.165) is 25.0 Å². The van der Waals surface area contributed by atoms with Gasteiger partial charge in [-0.1, -0.05) is 0 Å². The van der Waals surface area contributed by atoms with E-state index in [0.29, 0.717) is 30.3 Å². The highest BCUT2D eigenvalue weighted by molar-refractivity contribution is 5.78. The summed E-state index contributed by atoms with van der Waals surface area (Å²) in [7, 11) is 4.72. The van der Waals surface area contributed by atoms with E-state index in [-0.39, 0.29) is 18.6 Å². The average Bonchev–Trinajstić information content (AvgIpc) is 3.12. The maximum Gasteiger partial charge on any atom is 0.234 e. The molecule has 1 amide bonds. The van der Waals surface area contributed by atoms with Crippen molar-refractivity contribution in [3.63, 3.8) is 0 Å². The minimum atomic E-state index is -0.0789. The fourth-order valence-corrected chi connectivity index (χ4v) is 2.64. The number of nitrogens with one attached hydrogen (secondary N) is 2. The quantitative estimate of drug-likeness (QED) is 0.702. The molecule has 2 N–H and O–H groups in total. The lowest BCUT2D eigenvalue weighted by Crippen LogP contribution is -2.36. The molecule has 1 aliphatic heterocycles. The monoisotopic (exact) mass is 338 g/mol. The Labute approximate surface area is 142 Å². The lowest BCUT2D eigenvalue weighted by atomic mass is 10.1. The molecule has 0 radical (unpaired) electrons. The van der Waals surface area contributed by atoms with Crippen molar-refractivity contribution in [3.8, 4) is 17.2 Å². The Morgan fingerprint density at radius 2 is 1.88 bits per heavy atom. The first-order valence-electron chi connectivity index (χ1n) is 8.05. The van der Waals surface area contributed by atoms with Crippen LogP contribution < -0.4 is 24.8 Å². The van der Waals surface area contributed by atoms with Crippen molar-refractivity contribution >= 4 is 5.91 Å². The molecule has 134 valence electrons. The van der Waals surface area contributed by atoms with Gasteiger partial charge in [0.15, 0.2) is 11.5 Å². The van der Waals surface area contributed by atoms with Crippen molar-refractivity contribution < 1.29 is 23.7 Å². The summed E-state index contributed by atoms with van der Waals surface area (Å²) in [5, 5.41) is 5.99. The van der Waals surface area contributed by atoms with Crippen LogP contribution in [0.25, 0.3) is 0 Å². The van der Waals surface area contributed by atoms with Gasteiger partial charge in [-0.2, -0.15) is 0 Å². The third kappa shape index (κ3) is 5.01. The molecule has 1 fully saturated rings. The molecule has 7 nitrogen and oxygen atoms in total. The van der Waals surface area contributed by atoms with Crippen LogP contribution in [0.1, 0.15) is 18.4 Å². The fourth-order valence-electron chi connectivity index (χ4n) is 2.64. The molecule has 0 saturated carbocycles. The van der Waals surface area contributed by atoms with E-state index in [9.17, 15) is 4.79 Å². The second-order valence-electron chi connectivity index (χ2n) is 5.56. The van der Waals surface area contributed by atoms with Crippen molar-refractivity contribution in [2.24, 2.45) is 0 Å². The Hall–Kier alpha value is -1.99. The third-order valence-corrected chi connectivity index (χ3v) is 3.94. The molecular formula is C17H26N2O5. The van der Waals surface area contributed by atoms with Crippen LogP contribution in [0.4, 0.5) is 0 Å². The molecule has 0 aromatic heterocycles. The van der Waals surface area contributed by atoms with Gasteiger partial charge in [-0.15, -0.1) is 0 Å². The summed E-state index contributed by atoms with van der Waals surface area (Å²) in [5.74, 6) is 1.74. The van der Waals surface area contributed by atoms with Gasteiger partial charge in [0.2, 0.25) is 5.91 Å². The van der Waals surface area contributed by atoms with E-state index in [4.69, 9.17) is 18.9 Å². The first kappa shape index (κ1) is 18.4. The van der Waals surface area contributed by atoms with Gasteiger partial charge < -0.3 is 29.6 Å². The van der Waals surface area contributed by atoms with Gasteiger partial charge in [-0.05, 0) is 18.9 Å². The number of carbonyl (C=O) groups excluding carboxylic acids is 1. The molecule has 0 aliphatic carbocycles. The molecule has 1 unspecified atom stereocenters. The minimum absolute atomic E-state index is 0.0789. The third-order valence-electron chi connectivity index (χ3n) is 3.94. The summed E-state index contributed by atoms with van der Waals surface area (Å²) in [5.41, 5.74) is 0.822. The van der Waals surface area contributed by atoms with Crippen LogP contribution in [0.15, 0.2) is 12.1 Å². The van der Waals surface area contributed by atoms with E-state index in [2.05, 4.69) is 10.6 Å². The summed E-state index contributed by atoms with van der Waals surface area (Å²) < 4.78 is 21.4. The maximum absolute atomic E-state index is 12.0. The van der Waals surface area contributed by atoms with E-state index in [1.165, 1.54) is 0 Å². The van der Waals surface area contributed by atoms with Gasteiger partial charge in [0.25, 0.3) is 0 Å². The number of hydrogen-bond donors (Lipinski definition) is 2. The van der Waals surface area contributed by atoms with Crippen LogP contribution >= 0.6 is 0 Å². The lowest BCUT2D eigenvalue weighted by Gasteiger charge is -2.15. The number of ether oxygens (including phenoxy) is 4. The van der Waals surface area contributed by atoms with Crippen LogP contribution in [0.2, 0.25) is 0 Å². The second-order valence-corrected chi connectivity index (χ2v) is 5.56.